The van der Waals surface area contributed by atoms with E-state index in [4.69, 9.17) is 0 Å². The molecule has 0 aliphatic rings. The third-order valence-corrected chi connectivity index (χ3v) is 3.93. The van der Waals surface area contributed by atoms with Crippen LogP contribution in [0.25, 0.3) is 5.69 Å². The molecule has 0 aliphatic carbocycles. The molecule has 4 nitrogen and oxygen atoms in total. The van der Waals surface area contributed by atoms with Crippen LogP contribution in [0.2, 0.25) is 0 Å². The molecule has 122 valence electrons. The molecule has 4 heteroatoms. The summed E-state index contributed by atoms with van der Waals surface area (Å²) in [5, 5.41) is 7.49. The molecule has 0 radical (unpaired) electrons. The van der Waals surface area contributed by atoms with Crippen LogP contribution in [-0.2, 0) is 0 Å². The molecule has 0 saturated carbocycles. The van der Waals surface area contributed by atoms with Crippen molar-refractivity contribution in [1.29, 1.82) is 0 Å². The van der Waals surface area contributed by atoms with Gasteiger partial charge >= 0.3 is 0 Å². The fourth-order valence-electron chi connectivity index (χ4n) is 2.70. The monoisotopic (exact) mass is 319 g/mol. The van der Waals surface area contributed by atoms with E-state index in [1.165, 1.54) is 0 Å². The van der Waals surface area contributed by atoms with Crippen molar-refractivity contribution in [2.24, 2.45) is 0 Å². The predicted octanol–water partition coefficient (Wildman–Crippen LogP) is 4.14. The zero-order valence-corrected chi connectivity index (χ0v) is 13.7. The molecule has 0 saturated heterocycles. The van der Waals surface area contributed by atoms with Gasteiger partial charge in [0.2, 0.25) is 0 Å². The van der Waals surface area contributed by atoms with E-state index in [0.29, 0.717) is 5.69 Å². The maximum Gasteiger partial charge on any atom is 0.272 e. The Morgan fingerprint density at radius 2 is 1.71 bits per heavy atom. The largest absolute Gasteiger partial charge is 0.344 e. The summed E-state index contributed by atoms with van der Waals surface area (Å²) in [7, 11) is 0. The highest BCUT2D eigenvalue weighted by molar-refractivity contribution is 5.92. The fourth-order valence-corrected chi connectivity index (χ4v) is 2.70. The van der Waals surface area contributed by atoms with Crippen LogP contribution in [-0.4, -0.2) is 15.7 Å². The normalized spacial score (nSPS) is 11.9. The summed E-state index contributed by atoms with van der Waals surface area (Å²) in [4.78, 5) is 12.6. The van der Waals surface area contributed by atoms with Gasteiger partial charge in [-0.1, -0.05) is 61.9 Å². The smallest absolute Gasteiger partial charge is 0.272 e. The van der Waals surface area contributed by atoms with Gasteiger partial charge < -0.3 is 5.32 Å². The molecule has 0 spiro atoms. The second-order valence-corrected chi connectivity index (χ2v) is 5.71. The lowest BCUT2D eigenvalue weighted by Crippen LogP contribution is -2.29. The van der Waals surface area contributed by atoms with E-state index < -0.39 is 0 Å². The minimum absolute atomic E-state index is 0.00516. The Kier molecular flexibility index (Phi) is 5.06. The zero-order chi connectivity index (χ0) is 16.8. The number of amides is 1. The Morgan fingerprint density at radius 1 is 1.04 bits per heavy atom. The number of carbonyl (C=O) groups excluding carboxylic acids is 1. The predicted molar refractivity (Wildman–Crippen MR) is 95.1 cm³/mol. The lowest BCUT2D eigenvalue weighted by Gasteiger charge is -2.18. The van der Waals surface area contributed by atoms with E-state index in [-0.39, 0.29) is 11.9 Å². The van der Waals surface area contributed by atoms with E-state index in [0.717, 1.165) is 24.1 Å². The summed E-state index contributed by atoms with van der Waals surface area (Å²) in [5.41, 5.74) is 2.48. The molecule has 0 bridgehead atoms. The number of nitrogens with one attached hydrogen (secondary N) is 1. The zero-order valence-electron chi connectivity index (χ0n) is 13.7. The van der Waals surface area contributed by atoms with Crippen LogP contribution in [0.3, 0.4) is 0 Å². The first kappa shape index (κ1) is 16.0. The minimum Gasteiger partial charge on any atom is -0.344 e. The Bertz CT molecular complexity index is 781. The molecule has 24 heavy (non-hydrogen) atoms. The maximum atomic E-state index is 12.6. The number of benzene rings is 2. The van der Waals surface area contributed by atoms with Gasteiger partial charge in [-0.05, 0) is 30.2 Å². The van der Waals surface area contributed by atoms with Gasteiger partial charge in [0, 0.05) is 6.20 Å². The van der Waals surface area contributed by atoms with Gasteiger partial charge in [0.1, 0.15) is 0 Å². The van der Waals surface area contributed by atoms with E-state index in [2.05, 4.69) is 17.3 Å². The first-order chi connectivity index (χ1) is 11.8. The maximum absolute atomic E-state index is 12.6. The Hall–Kier alpha value is -2.88. The molecule has 0 aliphatic heterocycles. The molecular formula is C20H21N3O. The third kappa shape index (κ3) is 3.71. The Morgan fingerprint density at radius 3 is 2.38 bits per heavy atom. The van der Waals surface area contributed by atoms with Crippen molar-refractivity contribution in [2.45, 2.75) is 25.8 Å². The van der Waals surface area contributed by atoms with Crippen molar-refractivity contribution >= 4 is 5.91 Å². The Balaban J connectivity index is 1.75. The van der Waals surface area contributed by atoms with Crippen LogP contribution in [0.4, 0.5) is 0 Å². The van der Waals surface area contributed by atoms with E-state index in [1.54, 1.807) is 10.7 Å². The van der Waals surface area contributed by atoms with Crippen molar-refractivity contribution in [3.05, 3.63) is 84.2 Å². The first-order valence-corrected chi connectivity index (χ1v) is 8.25. The van der Waals surface area contributed by atoms with Gasteiger partial charge in [-0.25, -0.2) is 4.68 Å². The van der Waals surface area contributed by atoms with Gasteiger partial charge in [0.25, 0.3) is 5.91 Å². The number of rotatable bonds is 6. The second-order valence-electron chi connectivity index (χ2n) is 5.71. The number of hydrogen-bond acceptors (Lipinski definition) is 2. The van der Waals surface area contributed by atoms with Crippen LogP contribution < -0.4 is 5.32 Å². The van der Waals surface area contributed by atoms with Gasteiger partial charge in [-0.3, -0.25) is 4.79 Å². The minimum atomic E-state index is -0.146. The van der Waals surface area contributed by atoms with Gasteiger partial charge in [0.05, 0.1) is 11.7 Å². The molecule has 3 aromatic rings. The van der Waals surface area contributed by atoms with Crippen molar-refractivity contribution in [2.75, 3.05) is 0 Å². The van der Waals surface area contributed by atoms with Gasteiger partial charge in [0.15, 0.2) is 5.69 Å². The highest BCUT2D eigenvalue weighted by Gasteiger charge is 2.17. The summed E-state index contributed by atoms with van der Waals surface area (Å²) < 4.78 is 1.71. The second kappa shape index (κ2) is 7.59. The summed E-state index contributed by atoms with van der Waals surface area (Å²) >= 11 is 0. The van der Waals surface area contributed by atoms with Gasteiger partial charge in [-0.2, -0.15) is 5.10 Å². The quantitative estimate of drug-likeness (QED) is 0.742. The van der Waals surface area contributed by atoms with Crippen molar-refractivity contribution in [1.82, 2.24) is 15.1 Å². The molecule has 1 atom stereocenters. The van der Waals surface area contributed by atoms with Crippen LogP contribution >= 0.6 is 0 Å². The molecule has 1 aromatic heterocycles. The SMILES string of the molecule is CCCC(NC(=O)c1ccn(-c2ccccc2)n1)c1ccccc1. The van der Waals surface area contributed by atoms with Crippen LogP contribution in [0.1, 0.15) is 41.9 Å². The fraction of sp³-hybridized carbons (Fsp3) is 0.200. The third-order valence-electron chi connectivity index (χ3n) is 3.93. The van der Waals surface area contributed by atoms with Crippen LogP contribution in [0.15, 0.2) is 72.9 Å². The molecular weight excluding hydrogens is 298 g/mol. The van der Waals surface area contributed by atoms with E-state index in [1.807, 2.05) is 66.9 Å². The number of nitrogens with zero attached hydrogens (tertiary/aromatic N) is 2. The molecule has 1 N–H and O–H groups in total. The van der Waals surface area contributed by atoms with Crippen molar-refractivity contribution < 1.29 is 4.79 Å². The molecule has 1 amide bonds. The van der Waals surface area contributed by atoms with Gasteiger partial charge in [-0.15, -0.1) is 0 Å². The van der Waals surface area contributed by atoms with Crippen LogP contribution in [0.5, 0.6) is 0 Å². The molecule has 1 unspecified atom stereocenters. The average Bonchev–Trinajstić information content (AvgIpc) is 3.13. The number of aromatic nitrogens is 2. The molecule has 3 rings (SSSR count). The summed E-state index contributed by atoms with van der Waals surface area (Å²) in [6, 6.07) is 21.6. The van der Waals surface area contributed by atoms with E-state index in [9.17, 15) is 4.79 Å². The first-order valence-electron chi connectivity index (χ1n) is 8.25. The number of hydrogen-bond donors (Lipinski definition) is 1. The average molecular weight is 319 g/mol. The van der Waals surface area contributed by atoms with Crippen molar-refractivity contribution in [3.8, 4) is 5.69 Å². The molecule has 2 aromatic carbocycles. The molecule has 0 fully saturated rings. The summed E-state index contributed by atoms with van der Waals surface area (Å²) in [6.07, 6.45) is 3.70. The molecule has 1 heterocycles. The lowest BCUT2D eigenvalue weighted by atomic mass is 10.0. The topological polar surface area (TPSA) is 46.9 Å². The van der Waals surface area contributed by atoms with Crippen molar-refractivity contribution in [3.63, 3.8) is 0 Å². The highest BCUT2D eigenvalue weighted by Crippen LogP contribution is 2.18. The standard InChI is InChI=1S/C20H21N3O/c1-2-9-18(16-10-5-3-6-11-16)21-20(24)19-14-15-23(22-19)17-12-7-4-8-13-17/h3-8,10-15,18H,2,9H2,1H3,(H,21,24). The number of carbonyl (C=O) groups is 1. The Labute approximate surface area is 142 Å². The summed E-state index contributed by atoms with van der Waals surface area (Å²) in [6.45, 7) is 2.12. The highest BCUT2D eigenvalue weighted by atomic mass is 16.2. The lowest BCUT2D eigenvalue weighted by molar-refractivity contribution is 0.0929. The van der Waals surface area contributed by atoms with E-state index >= 15 is 0 Å². The summed E-state index contributed by atoms with van der Waals surface area (Å²) in [5.74, 6) is -0.146. The van der Waals surface area contributed by atoms with Crippen LogP contribution in [0, 0.1) is 0 Å². The number of para-hydroxylation sites is 1.